The molecular weight excluding hydrogens is 270 g/mol. The number of carbonyl (C=O) groups is 1. The van der Waals surface area contributed by atoms with E-state index in [9.17, 15) is 9.90 Å². The fraction of sp³-hybridized carbons (Fsp3) is 0.562. The van der Waals surface area contributed by atoms with Crippen molar-refractivity contribution in [3.8, 4) is 0 Å². The Morgan fingerprint density at radius 1 is 1.35 bits per heavy atom. The number of nitrogens with one attached hydrogen (secondary N) is 1. The molecule has 2 rings (SSSR count). The first-order chi connectivity index (χ1) is 9.55. The van der Waals surface area contributed by atoms with Gasteiger partial charge in [0, 0.05) is 4.90 Å². The Morgan fingerprint density at radius 2 is 1.95 bits per heavy atom. The van der Waals surface area contributed by atoms with Crippen LogP contribution in [-0.4, -0.2) is 22.4 Å². The second-order valence-corrected chi connectivity index (χ2v) is 6.77. The smallest absolute Gasteiger partial charge is 0.252 e. The van der Waals surface area contributed by atoms with Crippen LogP contribution in [-0.2, 0) is 4.79 Å². The normalized spacial score (nSPS) is 18.8. The molecule has 1 aromatic carbocycles. The Morgan fingerprint density at radius 3 is 2.50 bits per heavy atom. The molecule has 20 heavy (non-hydrogen) atoms. The summed E-state index contributed by atoms with van der Waals surface area (Å²) in [6, 6.07) is 8.17. The highest BCUT2D eigenvalue weighted by atomic mass is 32.2. The number of hydrogen-bond acceptors (Lipinski definition) is 3. The van der Waals surface area contributed by atoms with Crippen LogP contribution >= 0.6 is 11.8 Å². The van der Waals surface area contributed by atoms with Gasteiger partial charge in [0.05, 0.1) is 6.04 Å². The highest BCUT2D eigenvalue weighted by Crippen LogP contribution is 2.30. The summed E-state index contributed by atoms with van der Waals surface area (Å²) in [4.78, 5) is 13.4. The quantitative estimate of drug-likeness (QED) is 0.819. The van der Waals surface area contributed by atoms with Gasteiger partial charge in [0.1, 0.15) is 5.60 Å². The second kappa shape index (κ2) is 6.64. The van der Waals surface area contributed by atoms with Crippen LogP contribution in [0, 0.1) is 0 Å². The van der Waals surface area contributed by atoms with Crippen LogP contribution in [0.25, 0.3) is 0 Å². The van der Waals surface area contributed by atoms with E-state index < -0.39 is 5.60 Å². The highest BCUT2D eigenvalue weighted by Gasteiger charge is 2.39. The summed E-state index contributed by atoms with van der Waals surface area (Å²) in [5.41, 5.74) is -0.0767. The van der Waals surface area contributed by atoms with Crippen molar-refractivity contribution in [1.29, 1.82) is 0 Å². The average Bonchev–Trinajstić information content (AvgIpc) is 2.88. The van der Waals surface area contributed by atoms with E-state index in [1.165, 1.54) is 4.90 Å². The van der Waals surface area contributed by atoms with E-state index in [2.05, 4.69) is 24.4 Å². The molecule has 0 aliphatic heterocycles. The number of amides is 1. The summed E-state index contributed by atoms with van der Waals surface area (Å²) < 4.78 is 0. The molecule has 1 atom stereocenters. The molecule has 1 amide bonds. The summed E-state index contributed by atoms with van der Waals surface area (Å²) in [6.07, 6.45) is 3.03. The molecular formula is C16H23NO2S. The van der Waals surface area contributed by atoms with Crippen molar-refractivity contribution in [2.24, 2.45) is 0 Å². The zero-order valence-electron chi connectivity index (χ0n) is 12.2. The molecule has 1 aliphatic carbocycles. The maximum absolute atomic E-state index is 12.2. The first-order valence-corrected chi connectivity index (χ1v) is 8.30. The lowest BCUT2D eigenvalue weighted by Gasteiger charge is -2.24. The van der Waals surface area contributed by atoms with Gasteiger partial charge in [-0.05, 0) is 56.1 Å². The summed E-state index contributed by atoms with van der Waals surface area (Å²) >= 11 is 1.80. The van der Waals surface area contributed by atoms with E-state index in [0.29, 0.717) is 12.8 Å². The van der Waals surface area contributed by atoms with Crippen molar-refractivity contribution >= 4 is 17.7 Å². The minimum absolute atomic E-state index is 0.0761. The third kappa shape index (κ3) is 3.55. The first kappa shape index (κ1) is 15.4. The van der Waals surface area contributed by atoms with Crippen molar-refractivity contribution in [2.75, 3.05) is 5.75 Å². The Hall–Kier alpha value is -1.00. The molecule has 0 saturated heterocycles. The number of aliphatic hydroxyl groups is 1. The Kier molecular flexibility index (Phi) is 5.11. The van der Waals surface area contributed by atoms with Gasteiger partial charge in [0.25, 0.3) is 5.91 Å². The van der Waals surface area contributed by atoms with Gasteiger partial charge in [-0.15, -0.1) is 11.8 Å². The fourth-order valence-electron chi connectivity index (χ4n) is 2.62. The van der Waals surface area contributed by atoms with Gasteiger partial charge in [-0.25, -0.2) is 0 Å². The summed E-state index contributed by atoms with van der Waals surface area (Å²) in [5.74, 6) is 0.827. The molecule has 0 aromatic heterocycles. The van der Waals surface area contributed by atoms with Gasteiger partial charge < -0.3 is 10.4 Å². The third-order valence-electron chi connectivity index (χ3n) is 3.89. The van der Waals surface area contributed by atoms with Crippen LogP contribution in [0.1, 0.15) is 51.1 Å². The van der Waals surface area contributed by atoms with Crippen molar-refractivity contribution in [3.05, 3.63) is 29.8 Å². The van der Waals surface area contributed by atoms with Crippen LogP contribution in [0.3, 0.4) is 0 Å². The Bertz CT molecular complexity index is 452. The maximum atomic E-state index is 12.2. The molecule has 110 valence electrons. The lowest BCUT2D eigenvalue weighted by Crippen LogP contribution is -2.45. The van der Waals surface area contributed by atoms with Gasteiger partial charge in [-0.3, -0.25) is 4.79 Å². The van der Waals surface area contributed by atoms with Gasteiger partial charge in [0.2, 0.25) is 0 Å². The van der Waals surface area contributed by atoms with E-state index in [4.69, 9.17) is 0 Å². The summed E-state index contributed by atoms with van der Waals surface area (Å²) in [6.45, 7) is 4.09. The maximum Gasteiger partial charge on any atom is 0.252 e. The number of benzene rings is 1. The molecule has 0 radical (unpaired) electrons. The molecule has 2 N–H and O–H groups in total. The molecule has 1 saturated carbocycles. The van der Waals surface area contributed by atoms with Gasteiger partial charge >= 0.3 is 0 Å². The zero-order chi connectivity index (χ0) is 14.6. The molecule has 3 nitrogen and oxygen atoms in total. The van der Waals surface area contributed by atoms with Crippen molar-refractivity contribution in [1.82, 2.24) is 5.32 Å². The molecule has 1 aromatic rings. The number of thioether (sulfide) groups is 1. The predicted molar refractivity (Wildman–Crippen MR) is 82.8 cm³/mol. The zero-order valence-corrected chi connectivity index (χ0v) is 13.0. The van der Waals surface area contributed by atoms with Crippen molar-refractivity contribution in [3.63, 3.8) is 0 Å². The molecule has 0 spiro atoms. The molecule has 1 fully saturated rings. The topological polar surface area (TPSA) is 49.3 Å². The standard InChI is InChI=1S/C16H23NO2S/c1-3-20-14-8-6-13(7-9-14)12(2)17-15(18)16(19)10-4-5-11-16/h6-9,12,19H,3-5,10-11H2,1-2H3,(H,17,18). The molecule has 4 heteroatoms. The fourth-order valence-corrected chi connectivity index (χ4v) is 3.28. The second-order valence-electron chi connectivity index (χ2n) is 5.44. The number of rotatable bonds is 5. The Labute approximate surface area is 125 Å². The van der Waals surface area contributed by atoms with Gasteiger partial charge in [-0.1, -0.05) is 19.1 Å². The molecule has 0 bridgehead atoms. The van der Waals surface area contributed by atoms with E-state index >= 15 is 0 Å². The van der Waals surface area contributed by atoms with Crippen LogP contribution in [0.5, 0.6) is 0 Å². The Balaban J connectivity index is 1.97. The molecule has 1 unspecified atom stereocenters. The number of hydrogen-bond donors (Lipinski definition) is 2. The van der Waals surface area contributed by atoms with Crippen molar-refractivity contribution < 1.29 is 9.90 Å². The van der Waals surface area contributed by atoms with Crippen LogP contribution in [0.2, 0.25) is 0 Å². The lowest BCUT2D eigenvalue weighted by atomic mass is 10.00. The first-order valence-electron chi connectivity index (χ1n) is 7.31. The molecule has 0 heterocycles. The lowest BCUT2D eigenvalue weighted by molar-refractivity contribution is -0.139. The van der Waals surface area contributed by atoms with E-state index in [0.717, 1.165) is 24.2 Å². The summed E-state index contributed by atoms with van der Waals surface area (Å²) in [5, 5.41) is 13.2. The minimum atomic E-state index is -1.15. The van der Waals surface area contributed by atoms with E-state index in [-0.39, 0.29) is 11.9 Å². The minimum Gasteiger partial charge on any atom is -0.380 e. The van der Waals surface area contributed by atoms with Crippen LogP contribution in [0.15, 0.2) is 29.2 Å². The van der Waals surface area contributed by atoms with E-state index in [1.807, 2.05) is 19.1 Å². The number of carbonyl (C=O) groups excluding carboxylic acids is 1. The van der Waals surface area contributed by atoms with Gasteiger partial charge in [-0.2, -0.15) is 0 Å². The average molecular weight is 293 g/mol. The summed E-state index contributed by atoms with van der Waals surface area (Å²) in [7, 11) is 0. The molecule has 1 aliphatic rings. The van der Waals surface area contributed by atoms with Gasteiger partial charge in [0.15, 0.2) is 0 Å². The SMILES string of the molecule is CCSc1ccc(C(C)NC(=O)C2(O)CCCC2)cc1. The predicted octanol–water partition coefficient (Wildman–Crippen LogP) is 3.28. The van der Waals surface area contributed by atoms with Crippen molar-refractivity contribution in [2.45, 2.75) is 56.1 Å². The monoisotopic (exact) mass is 293 g/mol. The highest BCUT2D eigenvalue weighted by molar-refractivity contribution is 7.99. The van der Waals surface area contributed by atoms with Crippen LogP contribution < -0.4 is 5.32 Å². The third-order valence-corrected chi connectivity index (χ3v) is 4.79. The largest absolute Gasteiger partial charge is 0.380 e. The van der Waals surface area contributed by atoms with E-state index in [1.54, 1.807) is 11.8 Å². The van der Waals surface area contributed by atoms with Crippen LogP contribution in [0.4, 0.5) is 0 Å².